The van der Waals surface area contributed by atoms with Crippen LogP contribution in [0.4, 0.5) is 0 Å². The van der Waals surface area contributed by atoms with Gasteiger partial charge in [0.15, 0.2) is 0 Å². The van der Waals surface area contributed by atoms with E-state index in [1.54, 1.807) is 49.4 Å². The van der Waals surface area contributed by atoms with Crippen molar-refractivity contribution >= 4 is 56.2 Å². The molecule has 2 aromatic carbocycles. The predicted molar refractivity (Wildman–Crippen MR) is 116 cm³/mol. The normalized spacial score (nSPS) is 11.6. The van der Waals surface area contributed by atoms with E-state index in [0.717, 1.165) is 10.0 Å². The quantitative estimate of drug-likeness (QED) is 0.345. The molecule has 0 fully saturated rings. The molecule has 0 bridgehead atoms. The topological polar surface area (TPSA) is 60.4 Å². The Morgan fingerprint density at radius 2 is 1.96 bits per heavy atom. The Hall–Kier alpha value is -2.41. The van der Waals surface area contributed by atoms with Crippen molar-refractivity contribution in [3.8, 4) is 11.3 Å². The summed E-state index contributed by atoms with van der Waals surface area (Å²) in [6, 6.07) is 14.0. The summed E-state index contributed by atoms with van der Waals surface area (Å²) >= 11 is 15.5. The van der Waals surface area contributed by atoms with Gasteiger partial charge < -0.3 is 4.42 Å². The fourth-order valence-corrected chi connectivity index (χ4v) is 3.63. The highest BCUT2D eigenvalue weighted by Gasteiger charge is 2.10. The van der Waals surface area contributed by atoms with Gasteiger partial charge >= 0.3 is 0 Å². The van der Waals surface area contributed by atoms with Gasteiger partial charge in [-0.2, -0.15) is 9.78 Å². The minimum atomic E-state index is -0.257. The van der Waals surface area contributed by atoms with Crippen molar-refractivity contribution in [3.05, 3.63) is 85.0 Å². The van der Waals surface area contributed by atoms with E-state index in [0.29, 0.717) is 38.3 Å². The molecule has 140 valence electrons. The zero-order valence-corrected chi connectivity index (χ0v) is 17.6. The lowest BCUT2D eigenvalue weighted by atomic mass is 10.2. The van der Waals surface area contributed by atoms with Crippen LogP contribution in [-0.2, 0) is 0 Å². The molecule has 0 amide bonds. The molecule has 4 aromatic rings. The zero-order valence-electron chi connectivity index (χ0n) is 14.5. The summed E-state index contributed by atoms with van der Waals surface area (Å²) in [5, 5.41) is 5.77. The maximum Gasteiger partial charge on any atom is 0.282 e. The van der Waals surface area contributed by atoms with Crippen LogP contribution in [0.5, 0.6) is 0 Å². The second kappa shape index (κ2) is 7.54. The Labute approximate surface area is 178 Å². The van der Waals surface area contributed by atoms with Gasteiger partial charge in [-0.3, -0.25) is 4.79 Å². The number of fused-ring (bicyclic) bond motifs is 1. The summed E-state index contributed by atoms with van der Waals surface area (Å²) in [7, 11) is 0. The first-order valence-corrected chi connectivity index (χ1v) is 9.76. The molecule has 0 saturated carbocycles. The number of aryl methyl sites for hydroxylation is 1. The van der Waals surface area contributed by atoms with E-state index in [9.17, 15) is 4.79 Å². The first kappa shape index (κ1) is 18.9. The van der Waals surface area contributed by atoms with E-state index < -0.39 is 0 Å². The molecule has 2 aromatic heterocycles. The van der Waals surface area contributed by atoms with Gasteiger partial charge in [0.25, 0.3) is 5.56 Å². The van der Waals surface area contributed by atoms with E-state index in [-0.39, 0.29) is 5.56 Å². The third-order valence-corrected chi connectivity index (χ3v) is 5.14. The molecule has 0 spiro atoms. The molecule has 28 heavy (non-hydrogen) atoms. The molecule has 0 radical (unpaired) electrons. The number of nitrogens with zero attached hydrogens (tertiary/aromatic N) is 3. The lowest BCUT2D eigenvalue weighted by Crippen LogP contribution is -2.20. The van der Waals surface area contributed by atoms with Crippen LogP contribution in [0.2, 0.25) is 10.0 Å². The summed E-state index contributed by atoms with van der Waals surface area (Å²) in [5.41, 5.74) is 1.08. The minimum Gasteiger partial charge on any atom is -0.455 e. The van der Waals surface area contributed by atoms with Crippen LogP contribution < -0.4 is 5.56 Å². The second-order valence-corrected chi connectivity index (χ2v) is 7.77. The molecule has 2 heterocycles. The van der Waals surface area contributed by atoms with Crippen LogP contribution in [0.25, 0.3) is 22.2 Å². The average molecular weight is 477 g/mol. The van der Waals surface area contributed by atoms with Gasteiger partial charge in [0.05, 0.1) is 22.1 Å². The molecule has 0 aliphatic carbocycles. The third kappa shape index (κ3) is 3.63. The summed E-state index contributed by atoms with van der Waals surface area (Å²) in [5.74, 6) is 1.53. The number of benzene rings is 2. The smallest absolute Gasteiger partial charge is 0.282 e. The van der Waals surface area contributed by atoms with Crippen LogP contribution in [0.3, 0.4) is 0 Å². The maximum absolute atomic E-state index is 12.8. The van der Waals surface area contributed by atoms with Crippen molar-refractivity contribution in [2.45, 2.75) is 6.92 Å². The Morgan fingerprint density at radius 3 is 2.75 bits per heavy atom. The maximum atomic E-state index is 12.8. The molecular formula is C20H12BrCl2N3O2. The summed E-state index contributed by atoms with van der Waals surface area (Å²) in [4.78, 5) is 17.2. The van der Waals surface area contributed by atoms with Crippen LogP contribution in [-0.4, -0.2) is 15.9 Å². The lowest BCUT2D eigenvalue weighted by Gasteiger charge is -2.05. The first-order chi connectivity index (χ1) is 13.4. The molecule has 4 rings (SSSR count). The minimum absolute atomic E-state index is 0.257. The number of furan rings is 1. The molecule has 0 unspecified atom stereocenters. The van der Waals surface area contributed by atoms with Gasteiger partial charge in [-0.1, -0.05) is 39.1 Å². The first-order valence-electron chi connectivity index (χ1n) is 8.21. The largest absolute Gasteiger partial charge is 0.455 e. The highest BCUT2D eigenvalue weighted by atomic mass is 79.9. The lowest BCUT2D eigenvalue weighted by molar-refractivity contribution is 0.574. The van der Waals surface area contributed by atoms with Crippen molar-refractivity contribution < 1.29 is 4.42 Å². The van der Waals surface area contributed by atoms with E-state index in [4.69, 9.17) is 27.6 Å². The Bertz CT molecular complexity index is 1290. The molecule has 0 atom stereocenters. The predicted octanol–water partition coefficient (Wildman–Crippen LogP) is 5.92. The Morgan fingerprint density at radius 1 is 1.14 bits per heavy atom. The number of halogens is 3. The highest BCUT2D eigenvalue weighted by molar-refractivity contribution is 9.10. The van der Waals surface area contributed by atoms with E-state index in [1.165, 1.54) is 10.9 Å². The number of hydrogen-bond donors (Lipinski definition) is 0. The average Bonchev–Trinajstić information content (AvgIpc) is 3.11. The van der Waals surface area contributed by atoms with Crippen molar-refractivity contribution in [1.82, 2.24) is 9.66 Å². The number of rotatable bonds is 3. The standard InChI is InChI=1S/C20H12BrCl2N3O2/c1-11-25-18-6-2-12(21)8-16(18)20(27)26(11)24-10-14-4-7-19(28-14)15-5-3-13(22)9-17(15)23/h2-10H,1H3. The van der Waals surface area contributed by atoms with E-state index in [1.807, 2.05) is 6.07 Å². The molecule has 8 heteroatoms. The highest BCUT2D eigenvalue weighted by Crippen LogP contribution is 2.31. The molecular weight excluding hydrogens is 465 g/mol. The fraction of sp³-hybridized carbons (Fsp3) is 0.0500. The fourth-order valence-electron chi connectivity index (χ4n) is 2.77. The van der Waals surface area contributed by atoms with E-state index >= 15 is 0 Å². The summed E-state index contributed by atoms with van der Waals surface area (Å²) in [6.45, 7) is 1.72. The van der Waals surface area contributed by atoms with Crippen molar-refractivity contribution in [1.29, 1.82) is 0 Å². The monoisotopic (exact) mass is 475 g/mol. The molecule has 0 aliphatic rings. The molecule has 0 saturated heterocycles. The Kier molecular flexibility index (Phi) is 5.10. The summed E-state index contributed by atoms with van der Waals surface area (Å²) < 4.78 is 7.82. The molecule has 0 N–H and O–H groups in total. The SMILES string of the molecule is Cc1nc2ccc(Br)cc2c(=O)n1N=Cc1ccc(-c2ccc(Cl)cc2Cl)o1. The Balaban J connectivity index is 1.70. The van der Waals surface area contributed by atoms with Crippen LogP contribution in [0.1, 0.15) is 11.6 Å². The van der Waals surface area contributed by atoms with E-state index in [2.05, 4.69) is 26.0 Å². The van der Waals surface area contributed by atoms with Gasteiger partial charge in [-0.25, -0.2) is 4.98 Å². The summed E-state index contributed by atoms with van der Waals surface area (Å²) in [6.07, 6.45) is 1.47. The van der Waals surface area contributed by atoms with Gasteiger partial charge in [0.1, 0.15) is 17.3 Å². The van der Waals surface area contributed by atoms with Crippen LogP contribution in [0.15, 0.2) is 67.3 Å². The van der Waals surface area contributed by atoms with Gasteiger partial charge in [0.2, 0.25) is 0 Å². The van der Waals surface area contributed by atoms with Crippen molar-refractivity contribution in [3.63, 3.8) is 0 Å². The van der Waals surface area contributed by atoms with Crippen LogP contribution in [0, 0.1) is 6.92 Å². The van der Waals surface area contributed by atoms with Crippen LogP contribution >= 0.6 is 39.1 Å². The number of hydrogen-bond acceptors (Lipinski definition) is 4. The molecule has 0 aliphatic heterocycles. The third-order valence-electron chi connectivity index (χ3n) is 4.09. The zero-order chi connectivity index (χ0) is 19.8. The van der Waals surface area contributed by atoms with Gasteiger partial charge in [0, 0.05) is 15.1 Å². The molecule has 5 nitrogen and oxygen atoms in total. The van der Waals surface area contributed by atoms with Crippen molar-refractivity contribution in [2.75, 3.05) is 0 Å². The number of aromatic nitrogens is 2. The van der Waals surface area contributed by atoms with Gasteiger partial charge in [-0.05, 0) is 55.5 Å². The van der Waals surface area contributed by atoms with Crippen molar-refractivity contribution in [2.24, 2.45) is 5.10 Å². The second-order valence-electron chi connectivity index (χ2n) is 6.01. The van der Waals surface area contributed by atoms with Gasteiger partial charge in [-0.15, -0.1) is 0 Å².